The number of nitrogens with one attached hydrogen (secondary N) is 1. The second kappa shape index (κ2) is 7.26. The first-order chi connectivity index (χ1) is 11.6. The highest BCUT2D eigenvalue weighted by molar-refractivity contribution is 7.91. The Morgan fingerprint density at radius 1 is 1.08 bits per heavy atom. The van der Waals surface area contributed by atoms with Crippen LogP contribution in [0.15, 0.2) is 53.4 Å². The van der Waals surface area contributed by atoms with Crippen LogP contribution < -0.4 is 5.32 Å². The lowest BCUT2D eigenvalue weighted by Gasteiger charge is -2.09. The highest BCUT2D eigenvalue weighted by Gasteiger charge is 2.30. The van der Waals surface area contributed by atoms with Crippen molar-refractivity contribution in [3.8, 4) is 0 Å². The number of alkyl halides is 3. The van der Waals surface area contributed by atoms with Gasteiger partial charge in [0.05, 0.1) is 22.6 Å². The molecule has 0 bridgehead atoms. The summed E-state index contributed by atoms with van der Waals surface area (Å²) < 4.78 is 61.4. The Labute approximate surface area is 143 Å². The highest BCUT2D eigenvalue weighted by atomic mass is 32.2. The van der Waals surface area contributed by atoms with Crippen molar-refractivity contribution >= 4 is 21.4 Å². The predicted octanol–water partition coefficient (Wildman–Crippen LogP) is 3.68. The van der Waals surface area contributed by atoms with Crippen molar-refractivity contribution in [3.63, 3.8) is 0 Å². The maximum atomic E-state index is 12.7. The summed E-state index contributed by atoms with van der Waals surface area (Å²) in [7, 11) is -3.33. The SMILES string of the molecule is CCS(=O)(=O)c1ccc(NC(=O)Cc2cccc(C(F)(F)F)c2)cc1. The van der Waals surface area contributed by atoms with E-state index in [0.717, 1.165) is 12.1 Å². The first-order valence-electron chi connectivity index (χ1n) is 7.40. The highest BCUT2D eigenvalue weighted by Crippen LogP contribution is 2.29. The maximum absolute atomic E-state index is 12.7. The first-order valence-corrected chi connectivity index (χ1v) is 9.06. The molecule has 4 nitrogen and oxygen atoms in total. The zero-order valence-corrected chi connectivity index (χ0v) is 14.1. The zero-order valence-electron chi connectivity index (χ0n) is 13.3. The molecule has 0 saturated heterocycles. The molecule has 0 heterocycles. The standard InChI is InChI=1S/C17H16F3NO3S/c1-2-25(23,24)15-8-6-14(7-9-15)21-16(22)11-12-4-3-5-13(10-12)17(18,19)20/h3-10H,2,11H2,1H3,(H,21,22). The van der Waals surface area contributed by atoms with Crippen molar-refractivity contribution in [1.29, 1.82) is 0 Å². The van der Waals surface area contributed by atoms with Crippen LogP contribution in [0.3, 0.4) is 0 Å². The number of amides is 1. The quantitative estimate of drug-likeness (QED) is 0.872. The van der Waals surface area contributed by atoms with E-state index < -0.39 is 27.5 Å². The second-order valence-electron chi connectivity index (χ2n) is 5.35. The molecule has 0 atom stereocenters. The average Bonchev–Trinajstić information content (AvgIpc) is 2.54. The lowest BCUT2D eigenvalue weighted by Crippen LogP contribution is -2.15. The molecule has 0 aliphatic heterocycles. The fourth-order valence-corrected chi connectivity index (χ4v) is 3.04. The molecule has 8 heteroatoms. The molecular formula is C17H16F3NO3S. The Morgan fingerprint density at radius 2 is 1.72 bits per heavy atom. The summed E-state index contributed by atoms with van der Waals surface area (Å²) in [5, 5.41) is 2.53. The lowest BCUT2D eigenvalue weighted by atomic mass is 10.1. The van der Waals surface area contributed by atoms with Crippen molar-refractivity contribution in [2.45, 2.75) is 24.4 Å². The van der Waals surface area contributed by atoms with Crippen LogP contribution in [0, 0.1) is 0 Å². The minimum atomic E-state index is -4.47. The summed E-state index contributed by atoms with van der Waals surface area (Å²) >= 11 is 0. The largest absolute Gasteiger partial charge is 0.416 e. The fourth-order valence-electron chi connectivity index (χ4n) is 2.16. The van der Waals surface area contributed by atoms with Crippen molar-refractivity contribution in [2.24, 2.45) is 0 Å². The molecule has 1 amide bonds. The Morgan fingerprint density at radius 3 is 2.28 bits per heavy atom. The molecule has 0 unspecified atom stereocenters. The van der Waals surface area contributed by atoms with Crippen molar-refractivity contribution in [3.05, 3.63) is 59.7 Å². The van der Waals surface area contributed by atoms with E-state index in [2.05, 4.69) is 5.32 Å². The minimum absolute atomic E-state index is 0.0335. The molecule has 0 saturated carbocycles. The number of hydrogen-bond donors (Lipinski definition) is 1. The Hall–Kier alpha value is -2.35. The third-order valence-corrected chi connectivity index (χ3v) is 5.25. The molecule has 0 aliphatic carbocycles. The molecule has 2 rings (SSSR count). The van der Waals surface area contributed by atoms with Gasteiger partial charge in [-0.1, -0.05) is 25.1 Å². The van der Waals surface area contributed by atoms with Crippen LogP contribution in [0.4, 0.5) is 18.9 Å². The van der Waals surface area contributed by atoms with Crippen molar-refractivity contribution in [1.82, 2.24) is 0 Å². The third-order valence-electron chi connectivity index (χ3n) is 3.50. The number of sulfone groups is 1. The van der Waals surface area contributed by atoms with Crippen LogP contribution in [-0.2, 0) is 27.2 Å². The monoisotopic (exact) mass is 371 g/mol. The van der Waals surface area contributed by atoms with Gasteiger partial charge >= 0.3 is 6.18 Å². The Balaban J connectivity index is 2.06. The summed E-state index contributed by atoms with van der Waals surface area (Å²) in [6.07, 6.45) is -4.69. The van der Waals surface area contributed by atoms with E-state index in [4.69, 9.17) is 0 Å². The van der Waals surface area contributed by atoms with Crippen LogP contribution in [0.2, 0.25) is 0 Å². The van der Waals surface area contributed by atoms with Crippen molar-refractivity contribution < 1.29 is 26.4 Å². The average molecular weight is 371 g/mol. The van der Waals surface area contributed by atoms with Crippen LogP contribution in [-0.4, -0.2) is 20.1 Å². The van der Waals surface area contributed by atoms with E-state index in [1.165, 1.54) is 43.3 Å². The van der Waals surface area contributed by atoms with Gasteiger partial charge in [0.15, 0.2) is 9.84 Å². The van der Waals surface area contributed by atoms with Gasteiger partial charge in [0.2, 0.25) is 5.91 Å². The molecule has 25 heavy (non-hydrogen) atoms. The molecule has 0 aromatic heterocycles. The topological polar surface area (TPSA) is 63.2 Å². The fraction of sp³-hybridized carbons (Fsp3) is 0.235. The van der Waals surface area contributed by atoms with Crippen LogP contribution in [0.1, 0.15) is 18.1 Å². The Kier molecular flexibility index (Phi) is 5.52. The number of halogens is 3. The first kappa shape index (κ1) is 19.0. The maximum Gasteiger partial charge on any atom is 0.416 e. The van der Waals surface area contributed by atoms with Gasteiger partial charge in [-0.3, -0.25) is 4.79 Å². The van der Waals surface area contributed by atoms with E-state index in [1.807, 2.05) is 0 Å². The van der Waals surface area contributed by atoms with Crippen LogP contribution in [0.25, 0.3) is 0 Å². The normalized spacial score (nSPS) is 12.0. The van der Waals surface area contributed by atoms with Crippen molar-refractivity contribution in [2.75, 3.05) is 11.1 Å². The molecule has 0 fully saturated rings. The van der Waals surface area contributed by atoms with Gasteiger partial charge in [-0.25, -0.2) is 8.42 Å². The summed E-state index contributed by atoms with van der Waals surface area (Å²) in [4.78, 5) is 12.1. The van der Waals surface area contributed by atoms with Gasteiger partial charge in [-0.05, 0) is 35.9 Å². The molecular weight excluding hydrogens is 355 g/mol. The van der Waals surface area contributed by atoms with Crippen LogP contribution in [0.5, 0.6) is 0 Å². The molecule has 2 aromatic rings. The van der Waals surface area contributed by atoms with E-state index in [-0.39, 0.29) is 22.6 Å². The van der Waals surface area contributed by atoms with E-state index in [9.17, 15) is 26.4 Å². The summed E-state index contributed by atoms with van der Waals surface area (Å²) in [6.45, 7) is 1.53. The zero-order chi connectivity index (χ0) is 18.7. The molecule has 2 aromatic carbocycles. The molecule has 1 N–H and O–H groups in total. The van der Waals surface area contributed by atoms with E-state index >= 15 is 0 Å². The smallest absolute Gasteiger partial charge is 0.326 e. The molecule has 0 spiro atoms. The van der Waals surface area contributed by atoms with Gasteiger partial charge in [-0.2, -0.15) is 13.2 Å². The number of rotatable bonds is 5. The van der Waals surface area contributed by atoms with Gasteiger partial charge in [0, 0.05) is 5.69 Å². The Bertz CT molecular complexity index is 859. The minimum Gasteiger partial charge on any atom is -0.326 e. The third kappa shape index (κ3) is 5.06. The number of carbonyl (C=O) groups is 1. The number of carbonyl (C=O) groups excluding carboxylic acids is 1. The van der Waals surface area contributed by atoms with Gasteiger partial charge < -0.3 is 5.32 Å². The molecule has 0 aliphatic rings. The summed E-state index contributed by atoms with van der Waals surface area (Å²) in [6, 6.07) is 10.2. The second-order valence-corrected chi connectivity index (χ2v) is 7.63. The van der Waals surface area contributed by atoms with Gasteiger partial charge in [0.1, 0.15) is 0 Å². The van der Waals surface area contributed by atoms with E-state index in [0.29, 0.717) is 5.69 Å². The number of anilines is 1. The molecule has 134 valence electrons. The number of benzene rings is 2. The lowest BCUT2D eigenvalue weighted by molar-refractivity contribution is -0.137. The van der Waals surface area contributed by atoms with E-state index in [1.54, 1.807) is 0 Å². The predicted molar refractivity (Wildman–Crippen MR) is 87.9 cm³/mol. The number of hydrogen-bond acceptors (Lipinski definition) is 3. The van der Waals surface area contributed by atoms with Crippen LogP contribution >= 0.6 is 0 Å². The summed E-state index contributed by atoms with van der Waals surface area (Å²) in [5.74, 6) is -0.528. The summed E-state index contributed by atoms with van der Waals surface area (Å²) in [5.41, 5.74) is -0.212. The van der Waals surface area contributed by atoms with Gasteiger partial charge in [-0.15, -0.1) is 0 Å². The molecule has 0 radical (unpaired) electrons. The van der Waals surface area contributed by atoms with Gasteiger partial charge in [0.25, 0.3) is 0 Å².